The maximum atomic E-state index is 13.8. The Morgan fingerprint density at radius 2 is 1.88 bits per heavy atom. The van der Waals surface area contributed by atoms with E-state index in [1.54, 1.807) is 18.2 Å². The molecular weight excluding hydrogens is 319 g/mol. The standard InChI is InChI=1S/C20H23FN2O2/c1-14(22-20(25)15-5-3-2-4-6-15)18-13-16(21)7-8-19(18)23-11-9-17(24)10-12-23/h2-8,13-14,17,24H,9-12H2,1H3,(H,22,25). The summed E-state index contributed by atoms with van der Waals surface area (Å²) in [6.07, 6.45) is 1.12. The number of benzene rings is 2. The molecule has 1 aliphatic rings. The average molecular weight is 342 g/mol. The van der Waals surface area contributed by atoms with E-state index in [1.807, 2.05) is 25.1 Å². The second-order valence-corrected chi connectivity index (χ2v) is 6.48. The van der Waals surface area contributed by atoms with Gasteiger partial charge in [-0.2, -0.15) is 0 Å². The molecule has 4 nitrogen and oxygen atoms in total. The molecule has 5 heteroatoms. The van der Waals surface area contributed by atoms with Crippen molar-refractivity contribution in [1.29, 1.82) is 0 Å². The molecule has 1 heterocycles. The molecule has 2 aromatic rings. The SMILES string of the molecule is CC(NC(=O)c1ccccc1)c1cc(F)ccc1N1CCC(O)CC1. The van der Waals surface area contributed by atoms with E-state index in [0.29, 0.717) is 18.4 Å². The van der Waals surface area contributed by atoms with E-state index < -0.39 is 0 Å². The zero-order valence-corrected chi connectivity index (χ0v) is 14.3. The molecule has 0 radical (unpaired) electrons. The van der Waals surface area contributed by atoms with Crippen LogP contribution < -0.4 is 10.2 Å². The van der Waals surface area contributed by atoms with Crippen molar-refractivity contribution in [2.45, 2.75) is 31.9 Å². The number of carbonyl (C=O) groups excluding carboxylic acids is 1. The number of piperidine rings is 1. The third-order valence-electron chi connectivity index (χ3n) is 4.64. The van der Waals surface area contributed by atoms with Crippen LogP contribution in [0.5, 0.6) is 0 Å². The monoisotopic (exact) mass is 342 g/mol. The molecule has 25 heavy (non-hydrogen) atoms. The number of aliphatic hydroxyl groups excluding tert-OH is 1. The average Bonchev–Trinajstić information content (AvgIpc) is 2.63. The molecule has 1 saturated heterocycles. The molecule has 2 aromatic carbocycles. The van der Waals surface area contributed by atoms with Gasteiger partial charge in [-0.15, -0.1) is 0 Å². The molecule has 1 fully saturated rings. The minimum Gasteiger partial charge on any atom is -0.393 e. The molecule has 3 rings (SSSR count). The Kier molecular flexibility index (Phi) is 5.34. The summed E-state index contributed by atoms with van der Waals surface area (Å²) >= 11 is 0. The van der Waals surface area contributed by atoms with E-state index in [2.05, 4.69) is 10.2 Å². The lowest BCUT2D eigenvalue weighted by molar-refractivity contribution is 0.0940. The van der Waals surface area contributed by atoms with Crippen LogP contribution in [0, 0.1) is 5.82 Å². The summed E-state index contributed by atoms with van der Waals surface area (Å²) < 4.78 is 13.8. The topological polar surface area (TPSA) is 52.6 Å². The molecule has 0 aliphatic carbocycles. The zero-order valence-electron chi connectivity index (χ0n) is 14.3. The second kappa shape index (κ2) is 7.66. The van der Waals surface area contributed by atoms with Gasteiger partial charge in [0.2, 0.25) is 0 Å². The number of aliphatic hydroxyl groups is 1. The fraction of sp³-hybridized carbons (Fsp3) is 0.350. The van der Waals surface area contributed by atoms with Crippen LogP contribution in [0.25, 0.3) is 0 Å². The lowest BCUT2D eigenvalue weighted by Gasteiger charge is -2.34. The Labute approximate surface area is 147 Å². The van der Waals surface area contributed by atoms with Gasteiger partial charge in [0.25, 0.3) is 5.91 Å². The van der Waals surface area contributed by atoms with E-state index in [4.69, 9.17) is 0 Å². The van der Waals surface area contributed by atoms with Crippen molar-refractivity contribution >= 4 is 11.6 Å². The maximum Gasteiger partial charge on any atom is 0.251 e. The van der Waals surface area contributed by atoms with Crippen molar-refractivity contribution in [2.24, 2.45) is 0 Å². The Morgan fingerprint density at radius 3 is 2.56 bits per heavy atom. The lowest BCUT2D eigenvalue weighted by atomic mass is 10.0. The van der Waals surface area contributed by atoms with Gasteiger partial charge in [-0.3, -0.25) is 4.79 Å². The highest BCUT2D eigenvalue weighted by Gasteiger charge is 2.22. The molecule has 1 atom stereocenters. The van der Waals surface area contributed by atoms with Crippen molar-refractivity contribution in [2.75, 3.05) is 18.0 Å². The van der Waals surface area contributed by atoms with Crippen molar-refractivity contribution in [1.82, 2.24) is 5.32 Å². The molecule has 132 valence electrons. The van der Waals surface area contributed by atoms with Crippen LogP contribution in [0.1, 0.15) is 41.7 Å². The number of hydrogen-bond acceptors (Lipinski definition) is 3. The van der Waals surface area contributed by atoms with Gasteiger partial charge in [-0.05, 0) is 50.1 Å². The van der Waals surface area contributed by atoms with Crippen LogP contribution in [0.15, 0.2) is 48.5 Å². The Balaban J connectivity index is 1.80. The van der Waals surface area contributed by atoms with Gasteiger partial charge >= 0.3 is 0 Å². The van der Waals surface area contributed by atoms with Gasteiger partial charge in [0.1, 0.15) is 5.82 Å². The van der Waals surface area contributed by atoms with Crippen LogP contribution in [-0.2, 0) is 0 Å². The molecular formula is C20H23FN2O2. The minimum atomic E-state index is -0.328. The normalized spacial score (nSPS) is 16.5. The van der Waals surface area contributed by atoms with Crippen LogP contribution in [-0.4, -0.2) is 30.2 Å². The Bertz CT molecular complexity index is 728. The summed E-state index contributed by atoms with van der Waals surface area (Å²) in [4.78, 5) is 14.5. The van der Waals surface area contributed by atoms with Crippen LogP contribution in [0.2, 0.25) is 0 Å². The maximum absolute atomic E-state index is 13.8. The molecule has 0 aromatic heterocycles. The quantitative estimate of drug-likeness (QED) is 0.897. The molecule has 0 bridgehead atoms. The molecule has 2 N–H and O–H groups in total. The highest BCUT2D eigenvalue weighted by atomic mass is 19.1. The number of nitrogens with one attached hydrogen (secondary N) is 1. The number of hydrogen-bond donors (Lipinski definition) is 2. The first-order chi connectivity index (χ1) is 12.0. The summed E-state index contributed by atoms with van der Waals surface area (Å²) in [5, 5.41) is 12.6. The van der Waals surface area contributed by atoms with Gasteiger partial charge in [-0.1, -0.05) is 18.2 Å². The minimum absolute atomic E-state index is 0.183. The number of anilines is 1. The van der Waals surface area contributed by atoms with E-state index in [0.717, 1.165) is 24.3 Å². The smallest absolute Gasteiger partial charge is 0.251 e. The number of halogens is 1. The van der Waals surface area contributed by atoms with Gasteiger partial charge in [0.05, 0.1) is 12.1 Å². The largest absolute Gasteiger partial charge is 0.393 e. The zero-order chi connectivity index (χ0) is 17.8. The number of nitrogens with zero attached hydrogens (tertiary/aromatic N) is 1. The van der Waals surface area contributed by atoms with Crippen molar-refractivity contribution in [3.8, 4) is 0 Å². The summed E-state index contributed by atoms with van der Waals surface area (Å²) in [5.74, 6) is -0.506. The van der Waals surface area contributed by atoms with Crippen molar-refractivity contribution in [3.63, 3.8) is 0 Å². The van der Waals surface area contributed by atoms with Gasteiger partial charge in [-0.25, -0.2) is 4.39 Å². The highest BCUT2D eigenvalue weighted by Crippen LogP contribution is 2.30. The van der Waals surface area contributed by atoms with E-state index >= 15 is 0 Å². The van der Waals surface area contributed by atoms with Crippen LogP contribution in [0.4, 0.5) is 10.1 Å². The summed E-state index contributed by atoms with van der Waals surface area (Å²) in [6, 6.07) is 13.3. The molecule has 0 saturated carbocycles. The van der Waals surface area contributed by atoms with Crippen molar-refractivity contribution in [3.05, 3.63) is 65.5 Å². The number of carbonyl (C=O) groups is 1. The first-order valence-corrected chi connectivity index (χ1v) is 8.63. The molecule has 1 unspecified atom stereocenters. The Hall–Kier alpha value is -2.40. The Morgan fingerprint density at radius 1 is 1.20 bits per heavy atom. The molecule has 0 spiro atoms. The predicted octanol–water partition coefficient (Wildman–Crippen LogP) is 3.28. The summed E-state index contributed by atoms with van der Waals surface area (Å²) in [7, 11) is 0. The van der Waals surface area contributed by atoms with Gasteiger partial charge in [0.15, 0.2) is 0 Å². The fourth-order valence-corrected chi connectivity index (χ4v) is 3.21. The number of amides is 1. The van der Waals surface area contributed by atoms with Crippen LogP contribution in [0.3, 0.4) is 0 Å². The summed E-state index contributed by atoms with van der Waals surface area (Å²) in [5.41, 5.74) is 2.24. The predicted molar refractivity (Wildman–Crippen MR) is 96.2 cm³/mol. The second-order valence-electron chi connectivity index (χ2n) is 6.48. The number of rotatable bonds is 4. The van der Waals surface area contributed by atoms with E-state index in [1.165, 1.54) is 12.1 Å². The third-order valence-corrected chi connectivity index (χ3v) is 4.64. The first-order valence-electron chi connectivity index (χ1n) is 8.63. The van der Waals surface area contributed by atoms with Crippen LogP contribution >= 0.6 is 0 Å². The molecule has 1 aliphatic heterocycles. The fourth-order valence-electron chi connectivity index (χ4n) is 3.21. The lowest BCUT2D eigenvalue weighted by Crippen LogP contribution is -2.37. The summed E-state index contributed by atoms with van der Waals surface area (Å²) in [6.45, 7) is 3.30. The highest BCUT2D eigenvalue weighted by molar-refractivity contribution is 5.94. The first kappa shape index (κ1) is 17.4. The van der Waals surface area contributed by atoms with Gasteiger partial charge < -0.3 is 15.3 Å². The van der Waals surface area contributed by atoms with E-state index in [9.17, 15) is 14.3 Å². The van der Waals surface area contributed by atoms with Crippen molar-refractivity contribution < 1.29 is 14.3 Å². The van der Waals surface area contributed by atoms with Gasteiger partial charge in [0, 0.05) is 29.9 Å². The molecule has 1 amide bonds. The third kappa shape index (κ3) is 4.17. The van der Waals surface area contributed by atoms with E-state index in [-0.39, 0.29) is 23.9 Å².